The molecule has 44 heavy (non-hydrogen) atoms. The Morgan fingerprint density at radius 3 is 2.55 bits per heavy atom. The Labute approximate surface area is 254 Å². The lowest BCUT2D eigenvalue weighted by Crippen LogP contribution is -2.35. The third-order valence-corrected chi connectivity index (χ3v) is 8.60. The average molecular weight is 590 g/mol. The summed E-state index contributed by atoms with van der Waals surface area (Å²) in [5.74, 6) is 0.327. The highest BCUT2D eigenvalue weighted by Gasteiger charge is 2.47. The highest BCUT2D eigenvalue weighted by molar-refractivity contribution is 6.08. The molecule has 222 valence electrons. The van der Waals surface area contributed by atoms with Crippen molar-refractivity contribution in [1.29, 1.82) is 0 Å². The largest absolute Gasteiger partial charge is 0.492 e. The summed E-state index contributed by atoms with van der Waals surface area (Å²) < 4.78 is 25.7. The number of furan rings is 1. The van der Waals surface area contributed by atoms with Crippen molar-refractivity contribution in [3.05, 3.63) is 119 Å². The molecule has 0 unspecified atom stereocenters. The summed E-state index contributed by atoms with van der Waals surface area (Å²) in [6, 6.07) is 21.2. The minimum absolute atomic E-state index is 0.219. The van der Waals surface area contributed by atoms with E-state index < -0.39 is 11.4 Å². The van der Waals surface area contributed by atoms with Crippen molar-refractivity contribution in [2.45, 2.75) is 44.6 Å². The molecule has 2 saturated carbocycles. The van der Waals surface area contributed by atoms with Gasteiger partial charge in [-0.2, -0.15) is 0 Å². The van der Waals surface area contributed by atoms with Crippen LogP contribution in [-0.2, 0) is 12.0 Å². The number of nitrogens with two attached hydrogens (primary N) is 1. The zero-order valence-electron chi connectivity index (χ0n) is 24.4. The number of benzene rings is 3. The van der Waals surface area contributed by atoms with Crippen LogP contribution in [0.25, 0.3) is 22.1 Å². The summed E-state index contributed by atoms with van der Waals surface area (Å²) >= 11 is 0. The summed E-state index contributed by atoms with van der Waals surface area (Å²) in [7, 11) is 0. The van der Waals surface area contributed by atoms with E-state index in [1.165, 1.54) is 12.1 Å². The van der Waals surface area contributed by atoms with Crippen molar-refractivity contribution in [2.75, 3.05) is 6.61 Å². The molecular weight excluding hydrogens is 557 g/mol. The maximum Gasteiger partial charge on any atom is 0.255 e. The molecule has 2 fully saturated rings. The highest BCUT2D eigenvalue weighted by Crippen LogP contribution is 2.45. The number of hydrogen-bond donors (Lipinski definition) is 2. The van der Waals surface area contributed by atoms with E-state index in [4.69, 9.17) is 14.9 Å². The van der Waals surface area contributed by atoms with E-state index in [-0.39, 0.29) is 23.7 Å². The maximum atomic E-state index is 13.9. The van der Waals surface area contributed by atoms with Gasteiger partial charge >= 0.3 is 0 Å². The van der Waals surface area contributed by atoms with Crippen LogP contribution in [0, 0.1) is 18.7 Å². The smallest absolute Gasteiger partial charge is 0.255 e. The molecule has 3 N–H and O–H groups in total. The lowest BCUT2D eigenvalue weighted by molar-refractivity contribution is 0.0924. The zero-order chi connectivity index (χ0) is 30.4. The van der Waals surface area contributed by atoms with Crippen LogP contribution in [0.5, 0.6) is 5.75 Å². The molecule has 2 aromatic heterocycles. The number of primary amides is 1. The highest BCUT2D eigenvalue weighted by atomic mass is 19.1. The van der Waals surface area contributed by atoms with Gasteiger partial charge in [0.15, 0.2) is 0 Å². The van der Waals surface area contributed by atoms with Gasteiger partial charge in [-0.15, -0.1) is 0 Å². The fraction of sp³-hybridized carbons (Fsp3) is 0.250. The molecular formula is C36H32FN3O4. The van der Waals surface area contributed by atoms with Crippen molar-refractivity contribution in [2.24, 2.45) is 11.7 Å². The van der Waals surface area contributed by atoms with E-state index >= 15 is 0 Å². The molecule has 2 aliphatic carbocycles. The predicted octanol–water partition coefficient (Wildman–Crippen LogP) is 6.84. The van der Waals surface area contributed by atoms with Gasteiger partial charge in [0.1, 0.15) is 22.9 Å². The van der Waals surface area contributed by atoms with Gasteiger partial charge in [-0.1, -0.05) is 24.3 Å². The predicted molar refractivity (Wildman–Crippen MR) is 165 cm³/mol. The number of fused-ring (bicyclic) bond motifs is 1. The molecule has 0 radical (unpaired) electrons. The Kier molecular flexibility index (Phi) is 6.92. The lowest BCUT2D eigenvalue weighted by Gasteiger charge is -2.20. The molecule has 0 spiro atoms. The minimum Gasteiger partial charge on any atom is -0.492 e. The average Bonchev–Trinajstić information content (AvgIpc) is 3.95. The van der Waals surface area contributed by atoms with Gasteiger partial charge < -0.3 is 20.2 Å². The number of aryl methyl sites for hydroxylation is 1. The summed E-state index contributed by atoms with van der Waals surface area (Å²) in [5, 5.41) is 3.83. The number of nitrogens with zero attached hydrogens (tertiary/aromatic N) is 1. The number of amides is 2. The van der Waals surface area contributed by atoms with Crippen LogP contribution in [-0.4, -0.2) is 23.4 Å². The molecule has 3 aromatic carbocycles. The second-order valence-corrected chi connectivity index (χ2v) is 11.9. The summed E-state index contributed by atoms with van der Waals surface area (Å²) in [5.41, 5.74) is 10.8. The van der Waals surface area contributed by atoms with Crippen LogP contribution in [0.3, 0.4) is 0 Å². The molecule has 8 heteroatoms. The van der Waals surface area contributed by atoms with Gasteiger partial charge in [0, 0.05) is 18.0 Å². The van der Waals surface area contributed by atoms with Crippen LogP contribution >= 0.6 is 0 Å². The summed E-state index contributed by atoms with van der Waals surface area (Å²) in [6.07, 6.45) is 5.94. The first kappa shape index (κ1) is 27.8. The molecule has 2 heterocycles. The Morgan fingerprint density at radius 1 is 1.07 bits per heavy atom. The van der Waals surface area contributed by atoms with E-state index in [2.05, 4.69) is 10.3 Å². The lowest BCUT2D eigenvalue weighted by atomic mass is 9.95. The van der Waals surface area contributed by atoms with Crippen molar-refractivity contribution < 1.29 is 23.1 Å². The minimum atomic E-state index is -0.608. The van der Waals surface area contributed by atoms with Gasteiger partial charge in [-0.05, 0) is 109 Å². The first-order valence-corrected chi connectivity index (χ1v) is 14.9. The second kappa shape index (κ2) is 10.9. The first-order chi connectivity index (χ1) is 21.3. The fourth-order valence-electron chi connectivity index (χ4n) is 5.78. The zero-order valence-corrected chi connectivity index (χ0v) is 24.4. The SMILES string of the molecule is Cc1cc(OCC2CC2)c(C(=O)NC2(c3ccccn3)CC2)cc1-c1ccc2oc(Cc3ccc(F)cc3)c(C(N)=O)c2c1. The van der Waals surface area contributed by atoms with Crippen LogP contribution in [0.15, 0.2) is 83.4 Å². The molecule has 2 amide bonds. The molecule has 0 bridgehead atoms. The maximum absolute atomic E-state index is 13.9. The van der Waals surface area contributed by atoms with Crippen LogP contribution < -0.4 is 15.8 Å². The third kappa shape index (κ3) is 5.43. The topological polar surface area (TPSA) is 107 Å². The molecule has 2 aliphatic rings. The monoisotopic (exact) mass is 589 g/mol. The number of aromatic nitrogens is 1. The fourth-order valence-corrected chi connectivity index (χ4v) is 5.78. The first-order valence-electron chi connectivity index (χ1n) is 14.9. The number of hydrogen-bond acceptors (Lipinski definition) is 5. The van der Waals surface area contributed by atoms with Crippen molar-refractivity contribution >= 4 is 22.8 Å². The molecule has 0 atom stereocenters. The third-order valence-electron chi connectivity index (χ3n) is 8.60. The summed E-state index contributed by atoms with van der Waals surface area (Å²) in [6.45, 7) is 2.55. The van der Waals surface area contributed by atoms with E-state index in [1.54, 1.807) is 18.3 Å². The van der Waals surface area contributed by atoms with Crippen LogP contribution in [0.1, 0.15) is 69.0 Å². The van der Waals surface area contributed by atoms with Gasteiger partial charge in [-0.25, -0.2) is 4.39 Å². The number of ether oxygens (including phenoxy) is 1. The van der Waals surface area contributed by atoms with E-state index in [0.717, 1.165) is 53.6 Å². The quantitative estimate of drug-likeness (QED) is 0.186. The van der Waals surface area contributed by atoms with E-state index in [9.17, 15) is 14.0 Å². The number of rotatable bonds is 10. The van der Waals surface area contributed by atoms with Gasteiger partial charge in [0.05, 0.1) is 29.0 Å². The normalized spacial score (nSPS) is 15.2. The van der Waals surface area contributed by atoms with Gasteiger partial charge in [-0.3, -0.25) is 14.6 Å². The molecule has 5 aromatic rings. The van der Waals surface area contributed by atoms with Gasteiger partial charge in [0.2, 0.25) is 0 Å². The Bertz CT molecular complexity index is 1890. The number of carbonyl (C=O) groups is 2. The Morgan fingerprint density at radius 2 is 1.86 bits per heavy atom. The van der Waals surface area contributed by atoms with Crippen LogP contribution in [0.2, 0.25) is 0 Å². The molecule has 0 aliphatic heterocycles. The van der Waals surface area contributed by atoms with E-state index in [0.29, 0.717) is 40.6 Å². The molecule has 0 saturated heterocycles. The van der Waals surface area contributed by atoms with Crippen molar-refractivity contribution in [3.8, 4) is 16.9 Å². The molecule has 7 nitrogen and oxygen atoms in total. The number of carbonyl (C=O) groups excluding carboxylic acids is 2. The molecule has 7 rings (SSSR count). The number of pyridine rings is 1. The second-order valence-electron chi connectivity index (χ2n) is 11.9. The standard InChI is InChI=1S/C36H32FN3O4/c1-21-16-30(43-20-23-5-6-23)28(35(42)40-36(13-14-36)32-4-2-3-15-39-32)19-26(21)24-9-12-29-27(18-24)33(34(38)41)31(44-29)17-22-7-10-25(37)11-8-22/h2-4,7-12,15-16,18-19,23H,5-6,13-14,17,20H2,1H3,(H2,38,41)(H,40,42). The summed E-state index contributed by atoms with van der Waals surface area (Å²) in [4.78, 5) is 31.0. The van der Waals surface area contributed by atoms with Crippen molar-refractivity contribution in [3.63, 3.8) is 0 Å². The van der Waals surface area contributed by atoms with Crippen molar-refractivity contribution in [1.82, 2.24) is 10.3 Å². The Hall–Kier alpha value is -4.98. The number of nitrogens with one attached hydrogen (secondary N) is 1. The van der Waals surface area contributed by atoms with E-state index in [1.807, 2.05) is 55.5 Å². The Balaban J connectivity index is 1.26. The van der Waals surface area contributed by atoms with Crippen LogP contribution in [0.4, 0.5) is 4.39 Å². The number of halogens is 1. The van der Waals surface area contributed by atoms with Gasteiger partial charge in [0.25, 0.3) is 11.8 Å².